The molecule has 1 aliphatic heterocycles. The Morgan fingerprint density at radius 1 is 0.973 bits per heavy atom. The molecule has 6 nitrogen and oxygen atoms in total. The molecule has 1 aromatic heterocycles. The number of ether oxygens (including phenoxy) is 1. The van der Waals surface area contributed by atoms with Crippen molar-refractivity contribution >= 4 is 28.5 Å². The van der Waals surface area contributed by atoms with Crippen LogP contribution in [-0.2, 0) is 10.9 Å². The summed E-state index contributed by atoms with van der Waals surface area (Å²) in [6.45, 7) is 3.68. The molecule has 0 bridgehead atoms. The third kappa shape index (κ3) is 3.96. The van der Waals surface area contributed by atoms with Gasteiger partial charge in [0, 0.05) is 5.69 Å². The van der Waals surface area contributed by atoms with Crippen LogP contribution in [0.4, 0.5) is 18.9 Å². The summed E-state index contributed by atoms with van der Waals surface area (Å²) in [7, 11) is 1.23. The number of benzene rings is 3. The Balaban J connectivity index is 1.77. The number of aryl methyl sites for hydroxylation is 2. The van der Waals surface area contributed by atoms with Crippen molar-refractivity contribution in [3.05, 3.63) is 110 Å². The van der Waals surface area contributed by atoms with Gasteiger partial charge < -0.3 is 9.15 Å². The van der Waals surface area contributed by atoms with E-state index in [0.717, 1.165) is 28.2 Å². The summed E-state index contributed by atoms with van der Waals surface area (Å²) >= 11 is 0. The molecule has 0 aliphatic carbocycles. The lowest BCUT2D eigenvalue weighted by Gasteiger charge is -2.26. The SMILES string of the molecule is COC(=O)c1ccc(C2c3c(oc4cc(C)c(C)cc4c3=O)C(=O)N2c2cccc(C(F)(F)F)c2)cc1. The van der Waals surface area contributed by atoms with Crippen LogP contribution in [0.1, 0.15) is 54.8 Å². The van der Waals surface area contributed by atoms with Crippen LogP contribution in [0.5, 0.6) is 0 Å². The van der Waals surface area contributed by atoms with Crippen LogP contribution in [0, 0.1) is 13.8 Å². The van der Waals surface area contributed by atoms with E-state index in [9.17, 15) is 27.6 Å². The third-order valence-electron chi connectivity index (χ3n) is 6.59. The molecule has 188 valence electrons. The second-order valence-electron chi connectivity index (χ2n) is 8.85. The molecule has 0 saturated heterocycles. The molecular weight excluding hydrogens is 487 g/mol. The molecule has 1 atom stereocenters. The summed E-state index contributed by atoms with van der Waals surface area (Å²) in [5.41, 5.74) is 1.13. The van der Waals surface area contributed by atoms with Crippen molar-refractivity contribution in [3.63, 3.8) is 0 Å². The number of carbonyl (C=O) groups is 2. The number of carbonyl (C=O) groups excluding carboxylic acids is 2. The zero-order valence-corrected chi connectivity index (χ0v) is 20.0. The Hall–Kier alpha value is -4.40. The van der Waals surface area contributed by atoms with Gasteiger partial charge >= 0.3 is 12.1 Å². The molecule has 5 rings (SSSR count). The van der Waals surface area contributed by atoms with E-state index in [1.54, 1.807) is 12.1 Å². The number of anilines is 1. The van der Waals surface area contributed by atoms with E-state index in [1.807, 2.05) is 13.8 Å². The van der Waals surface area contributed by atoms with Crippen LogP contribution in [0.3, 0.4) is 0 Å². The van der Waals surface area contributed by atoms with E-state index in [4.69, 9.17) is 9.15 Å². The van der Waals surface area contributed by atoms with E-state index in [2.05, 4.69) is 0 Å². The van der Waals surface area contributed by atoms with Crippen LogP contribution < -0.4 is 10.3 Å². The molecule has 0 spiro atoms. The number of methoxy groups -OCH3 is 1. The Morgan fingerprint density at radius 2 is 1.65 bits per heavy atom. The fourth-order valence-electron chi connectivity index (χ4n) is 4.56. The van der Waals surface area contributed by atoms with Gasteiger partial charge in [-0.2, -0.15) is 13.2 Å². The topological polar surface area (TPSA) is 76.8 Å². The summed E-state index contributed by atoms with van der Waals surface area (Å²) < 4.78 is 51.2. The summed E-state index contributed by atoms with van der Waals surface area (Å²) in [5.74, 6) is -1.56. The van der Waals surface area contributed by atoms with Gasteiger partial charge in [-0.25, -0.2) is 4.79 Å². The minimum atomic E-state index is -4.64. The standard InChI is InChI=1S/C28H20F3NO5/c1-14-11-20-21(12-15(14)2)37-25-22(24(20)33)23(16-7-9-17(10-8-16)27(35)36-3)32(26(25)34)19-6-4-5-18(13-19)28(29,30)31/h4-13,23H,1-3H3. The summed E-state index contributed by atoms with van der Waals surface area (Å²) in [4.78, 5) is 40.4. The molecule has 4 aromatic rings. The highest BCUT2D eigenvalue weighted by Crippen LogP contribution is 2.43. The van der Waals surface area contributed by atoms with Gasteiger partial charge in [-0.15, -0.1) is 0 Å². The highest BCUT2D eigenvalue weighted by molar-refractivity contribution is 6.10. The quantitative estimate of drug-likeness (QED) is 0.320. The van der Waals surface area contributed by atoms with Gasteiger partial charge in [0.05, 0.1) is 35.2 Å². The van der Waals surface area contributed by atoms with Gasteiger partial charge in [0.1, 0.15) is 5.58 Å². The second kappa shape index (κ2) is 8.62. The van der Waals surface area contributed by atoms with Crippen molar-refractivity contribution in [1.29, 1.82) is 0 Å². The molecule has 1 aliphatic rings. The highest BCUT2D eigenvalue weighted by Gasteiger charge is 2.44. The fourth-order valence-corrected chi connectivity index (χ4v) is 4.56. The Kier molecular flexibility index (Phi) is 5.66. The minimum Gasteiger partial charge on any atom is -0.465 e. The molecule has 0 fully saturated rings. The lowest BCUT2D eigenvalue weighted by Crippen LogP contribution is -2.29. The molecule has 0 saturated carbocycles. The van der Waals surface area contributed by atoms with E-state index in [0.29, 0.717) is 5.56 Å². The van der Waals surface area contributed by atoms with Crippen molar-refractivity contribution in [2.75, 3.05) is 12.0 Å². The number of hydrogen-bond donors (Lipinski definition) is 0. The van der Waals surface area contributed by atoms with Gasteiger partial charge in [-0.3, -0.25) is 14.5 Å². The van der Waals surface area contributed by atoms with Crippen LogP contribution in [-0.4, -0.2) is 19.0 Å². The average molecular weight is 507 g/mol. The van der Waals surface area contributed by atoms with E-state index in [-0.39, 0.29) is 33.5 Å². The molecule has 0 radical (unpaired) electrons. The number of hydrogen-bond acceptors (Lipinski definition) is 5. The summed E-state index contributed by atoms with van der Waals surface area (Å²) in [6, 6.07) is 12.6. The number of amides is 1. The maximum atomic E-state index is 13.7. The van der Waals surface area contributed by atoms with Gasteiger partial charge in [-0.1, -0.05) is 18.2 Å². The van der Waals surface area contributed by atoms with Crippen LogP contribution in [0.25, 0.3) is 11.0 Å². The zero-order chi connectivity index (χ0) is 26.6. The summed E-state index contributed by atoms with van der Waals surface area (Å²) in [5, 5.41) is 0.261. The maximum absolute atomic E-state index is 13.7. The maximum Gasteiger partial charge on any atom is 0.416 e. The smallest absolute Gasteiger partial charge is 0.416 e. The van der Waals surface area contributed by atoms with Crippen molar-refractivity contribution < 1.29 is 31.9 Å². The predicted octanol–water partition coefficient (Wildman–Crippen LogP) is 5.97. The third-order valence-corrected chi connectivity index (χ3v) is 6.59. The normalized spacial score (nSPS) is 15.2. The van der Waals surface area contributed by atoms with Crippen LogP contribution in [0.2, 0.25) is 0 Å². The average Bonchev–Trinajstić information content (AvgIpc) is 3.17. The minimum absolute atomic E-state index is 0.0176. The van der Waals surface area contributed by atoms with Crippen LogP contribution in [0.15, 0.2) is 69.9 Å². The van der Waals surface area contributed by atoms with Crippen molar-refractivity contribution in [1.82, 2.24) is 0 Å². The van der Waals surface area contributed by atoms with Gasteiger partial charge in [0.15, 0.2) is 5.43 Å². The number of nitrogens with zero attached hydrogens (tertiary/aromatic N) is 1. The van der Waals surface area contributed by atoms with E-state index in [1.165, 1.54) is 43.5 Å². The van der Waals surface area contributed by atoms with E-state index >= 15 is 0 Å². The first kappa shape index (κ1) is 24.3. The molecule has 1 amide bonds. The first-order chi connectivity index (χ1) is 17.5. The molecular formula is C28H20F3NO5. The zero-order valence-electron chi connectivity index (χ0n) is 20.0. The number of rotatable bonds is 3. The first-order valence-corrected chi connectivity index (χ1v) is 11.3. The molecule has 1 unspecified atom stereocenters. The van der Waals surface area contributed by atoms with Gasteiger partial charge in [-0.05, 0) is 73.0 Å². The highest BCUT2D eigenvalue weighted by atomic mass is 19.4. The monoisotopic (exact) mass is 507 g/mol. The lowest BCUT2D eigenvalue weighted by molar-refractivity contribution is -0.137. The van der Waals surface area contributed by atoms with Crippen LogP contribution >= 0.6 is 0 Å². The fraction of sp³-hybridized carbons (Fsp3) is 0.179. The summed E-state index contributed by atoms with van der Waals surface area (Å²) in [6.07, 6.45) is -4.64. The van der Waals surface area contributed by atoms with Gasteiger partial charge in [0.2, 0.25) is 5.76 Å². The number of fused-ring (bicyclic) bond motifs is 2. The molecule has 9 heteroatoms. The predicted molar refractivity (Wildman–Crippen MR) is 130 cm³/mol. The Labute approximate surface area is 208 Å². The number of esters is 1. The molecule has 37 heavy (non-hydrogen) atoms. The Morgan fingerprint density at radius 3 is 2.30 bits per heavy atom. The van der Waals surface area contributed by atoms with Crippen molar-refractivity contribution in [3.8, 4) is 0 Å². The second-order valence-corrected chi connectivity index (χ2v) is 8.85. The van der Waals surface area contributed by atoms with E-state index < -0.39 is 35.1 Å². The lowest BCUT2D eigenvalue weighted by atomic mass is 9.96. The molecule has 3 aromatic carbocycles. The number of alkyl halides is 3. The molecule has 2 heterocycles. The van der Waals surface area contributed by atoms with Crippen molar-refractivity contribution in [2.24, 2.45) is 0 Å². The van der Waals surface area contributed by atoms with Gasteiger partial charge in [0.25, 0.3) is 5.91 Å². The largest absolute Gasteiger partial charge is 0.465 e. The number of halogens is 3. The Bertz CT molecular complexity index is 1640. The molecule has 0 N–H and O–H groups in total. The first-order valence-electron chi connectivity index (χ1n) is 11.3. The van der Waals surface area contributed by atoms with Crippen molar-refractivity contribution in [2.45, 2.75) is 26.1 Å².